The molecule has 2 aliphatic rings. The highest BCUT2D eigenvalue weighted by molar-refractivity contribution is 8.27. The average molecular weight is 488 g/mol. The van der Waals surface area contributed by atoms with Crippen LogP contribution in [-0.4, -0.2) is 37.7 Å². The summed E-state index contributed by atoms with van der Waals surface area (Å²) in [7, 11) is 0. The van der Waals surface area contributed by atoms with Gasteiger partial charge in [0.1, 0.15) is 0 Å². The van der Waals surface area contributed by atoms with E-state index >= 15 is 0 Å². The smallest absolute Gasteiger partial charge is 0.342 e. The fourth-order valence-electron chi connectivity index (χ4n) is 3.57. The number of hydrogen-bond acceptors (Lipinski definition) is 4. The van der Waals surface area contributed by atoms with Crippen molar-refractivity contribution in [2.24, 2.45) is 10.1 Å². The molecule has 2 aliphatic heterocycles. The Kier molecular flexibility index (Phi) is 5.13. The van der Waals surface area contributed by atoms with Crippen LogP contribution < -0.4 is 0 Å². The van der Waals surface area contributed by atoms with E-state index in [9.17, 15) is 18.0 Å². The molecule has 0 aliphatic carbocycles. The predicted molar refractivity (Wildman–Crippen MR) is 124 cm³/mol. The Morgan fingerprint density at radius 1 is 1.12 bits per heavy atom. The standard InChI is InChI=1S/C22H13ClF3N5OS/c23-14-7-5-12(6-8-14)10-30-11-13(15-3-1-2-4-17(15)30)9-16-18(27)31-21(28-19(16)32)33-20(29-31)22(24,25)26/h1-9,11,27H,10H2/b16-9+,27-18?. The molecular formula is C22H13ClF3N5OS. The van der Waals surface area contributed by atoms with Crippen molar-refractivity contribution in [2.75, 3.05) is 0 Å². The Labute approximate surface area is 194 Å². The van der Waals surface area contributed by atoms with Crippen molar-refractivity contribution in [3.63, 3.8) is 0 Å². The van der Waals surface area contributed by atoms with Crippen molar-refractivity contribution < 1.29 is 18.0 Å². The lowest BCUT2D eigenvalue weighted by atomic mass is 10.1. The maximum atomic E-state index is 13.0. The molecule has 5 rings (SSSR count). The third-order valence-corrected chi connectivity index (χ3v) is 6.29. The second-order valence-electron chi connectivity index (χ2n) is 7.28. The first-order valence-corrected chi connectivity index (χ1v) is 10.8. The summed E-state index contributed by atoms with van der Waals surface area (Å²) < 4.78 is 41.1. The first-order chi connectivity index (χ1) is 15.7. The number of amidine groups is 2. The van der Waals surface area contributed by atoms with Crippen LogP contribution in [0.5, 0.6) is 0 Å². The summed E-state index contributed by atoms with van der Waals surface area (Å²) in [5.41, 5.74) is 2.41. The molecule has 0 fully saturated rings. The third-order valence-electron chi connectivity index (χ3n) is 5.08. The first kappa shape index (κ1) is 21.5. The molecule has 11 heteroatoms. The van der Waals surface area contributed by atoms with Crippen LogP contribution in [0.3, 0.4) is 0 Å². The van der Waals surface area contributed by atoms with Crippen molar-refractivity contribution in [1.82, 2.24) is 9.58 Å². The molecule has 2 aromatic carbocycles. The summed E-state index contributed by atoms with van der Waals surface area (Å²) >= 11 is 6.19. The SMILES string of the molecule is N=C1/C(=C\c2cn(Cc3ccc(Cl)cc3)c3ccccc23)C(=O)N=C2SC(C(F)(F)F)=NN12. The van der Waals surface area contributed by atoms with Crippen LogP contribution in [0.25, 0.3) is 17.0 Å². The van der Waals surface area contributed by atoms with Gasteiger partial charge in [-0.3, -0.25) is 10.2 Å². The lowest BCUT2D eigenvalue weighted by molar-refractivity contribution is -0.114. The number of rotatable bonds is 3. The number of para-hydroxylation sites is 1. The zero-order valence-corrected chi connectivity index (χ0v) is 18.2. The molecule has 3 heterocycles. The molecule has 1 N–H and O–H groups in total. The number of benzene rings is 2. The second kappa shape index (κ2) is 7.89. The minimum Gasteiger partial charge on any atom is -0.342 e. The molecule has 0 atom stereocenters. The zero-order chi connectivity index (χ0) is 23.3. The molecule has 6 nitrogen and oxygen atoms in total. The molecule has 0 bridgehead atoms. The van der Waals surface area contributed by atoms with E-state index in [-0.39, 0.29) is 22.5 Å². The highest BCUT2D eigenvalue weighted by Crippen LogP contribution is 2.35. The number of nitrogens with one attached hydrogen (secondary N) is 1. The van der Waals surface area contributed by atoms with Gasteiger partial charge in [-0.2, -0.15) is 28.3 Å². The van der Waals surface area contributed by atoms with Gasteiger partial charge >= 0.3 is 6.18 Å². The summed E-state index contributed by atoms with van der Waals surface area (Å²) in [6.07, 6.45) is -1.39. The van der Waals surface area contributed by atoms with Crippen LogP contribution in [0.2, 0.25) is 5.02 Å². The van der Waals surface area contributed by atoms with Gasteiger partial charge in [0.15, 0.2) is 5.84 Å². The normalized spacial score (nSPS) is 17.6. The van der Waals surface area contributed by atoms with Gasteiger partial charge in [0, 0.05) is 34.2 Å². The lowest BCUT2D eigenvalue weighted by Crippen LogP contribution is -2.35. The van der Waals surface area contributed by atoms with E-state index in [1.807, 2.05) is 47.2 Å². The van der Waals surface area contributed by atoms with Gasteiger partial charge in [0.05, 0.1) is 5.57 Å². The number of alkyl halides is 3. The topological polar surface area (TPSA) is 73.8 Å². The molecule has 0 saturated carbocycles. The number of carbonyl (C=O) groups excluding carboxylic acids is 1. The van der Waals surface area contributed by atoms with Gasteiger partial charge in [-0.1, -0.05) is 41.9 Å². The Bertz CT molecular complexity index is 1410. The number of hydrogen-bond donors (Lipinski definition) is 1. The van der Waals surface area contributed by atoms with E-state index in [1.165, 1.54) is 6.08 Å². The number of aromatic nitrogens is 1. The van der Waals surface area contributed by atoms with Crippen molar-refractivity contribution >= 4 is 62.3 Å². The Balaban J connectivity index is 1.54. The van der Waals surface area contributed by atoms with Crippen LogP contribution >= 0.6 is 23.4 Å². The number of carbonyl (C=O) groups is 1. The summed E-state index contributed by atoms with van der Waals surface area (Å²) in [5, 5.41) is 12.5. The Morgan fingerprint density at radius 2 is 1.85 bits per heavy atom. The van der Waals surface area contributed by atoms with E-state index in [0.717, 1.165) is 21.5 Å². The van der Waals surface area contributed by atoms with E-state index in [0.29, 0.717) is 17.1 Å². The quantitative estimate of drug-likeness (QED) is 0.494. The van der Waals surface area contributed by atoms with Crippen molar-refractivity contribution in [3.05, 3.63) is 76.5 Å². The summed E-state index contributed by atoms with van der Waals surface area (Å²) in [6, 6.07) is 14.9. The molecule has 0 radical (unpaired) electrons. The lowest BCUT2D eigenvalue weighted by Gasteiger charge is -2.20. The first-order valence-electron chi connectivity index (χ1n) is 9.60. The monoisotopic (exact) mass is 487 g/mol. The minimum atomic E-state index is -4.69. The summed E-state index contributed by atoms with van der Waals surface area (Å²) in [4.78, 5) is 16.3. The number of nitrogens with zero attached hydrogens (tertiary/aromatic N) is 4. The fraction of sp³-hybridized carbons (Fsp3) is 0.0909. The molecule has 0 spiro atoms. The van der Waals surface area contributed by atoms with Crippen LogP contribution in [0, 0.1) is 5.41 Å². The number of aliphatic imine (C=N–C) groups is 1. The van der Waals surface area contributed by atoms with Crippen LogP contribution in [0.4, 0.5) is 13.2 Å². The molecule has 33 heavy (non-hydrogen) atoms. The third kappa shape index (κ3) is 3.96. The van der Waals surface area contributed by atoms with Gasteiger partial charge in [-0.25, -0.2) is 0 Å². The molecule has 1 amide bonds. The van der Waals surface area contributed by atoms with Gasteiger partial charge in [-0.15, -0.1) is 0 Å². The fourth-order valence-corrected chi connectivity index (χ4v) is 4.45. The molecular weight excluding hydrogens is 475 g/mol. The van der Waals surface area contributed by atoms with Gasteiger partial charge < -0.3 is 4.57 Å². The Hall–Kier alpha value is -3.37. The molecule has 3 aromatic rings. The van der Waals surface area contributed by atoms with Gasteiger partial charge in [-0.05, 0) is 41.6 Å². The maximum Gasteiger partial charge on any atom is 0.441 e. The Morgan fingerprint density at radius 3 is 2.58 bits per heavy atom. The number of thioether (sulfide) groups is 1. The van der Waals surface area contributed by atoms with E-state index < -0.39 is 23.0 Å². The minimum absolute atomic E-state index is 0.138. The van der Waals surface area contributed by atoms with E-state index in [2.05, 4.69) is 10.1 Å². The molecule has 1 aromatic heterocycles. The predicted octanol–water partition coefficient (Wildman–Crippen LogP) is 5.52. The maximum absolute atomic E-state index is 13.0. The van der Waals surface area contributed by atoms with Gasteiger partial charge in [0.25, 0.3) is 5.91 Å². The highest BCUT2D eigenvalue weighted by Gasteiger charge is 2.46. The highest BCUT2D eigenvalue weighted by atomic mass is 35.5. The van der Waals surface area contributed by atoms with Crippen molar-refractivity contribution in [3.8, 4) is 0 Å². The summed E-state index contributed by atoms with van der Waals surface area (Å²) in [6.45, 7) is 0.538. The second-order valence-corrected chi connectivity index (χ2v) is 8.67. The number of amides is 1. The summed E-state index contributed by atoms with van der Waals surface area (Å²) in [5.74, 6) is -1.24. The molecule has 166 valence electrons. The number of hydrazone groups is 1. The average Bonchev–Trinajstić information content (AvgIpc) is 3.35. The van der Waals surface area contributed by atoms with Crippen LogP contribution in [-0.2, 0) is 11.3 Å². The van der Waals surface area contributed by atoms with Crippen LogP contribution in [0.1, 0.15) is 11.1 Å². The molecule has 0 saturated heterocycles. The largest absolute Gasteiger partial charge is 0.441 e. The van der Waals surface area contributed by atoms with Crippen LogP contribution in [0.15, 0.2) is 70.4 Å². The van der Waals surface area contributed by atoms with Crippen molar-refractivity contribution in [1.29, 1.82) is 5.41 Å². The number of halogens is 4. The number of fused-ring (bicyclic) bond motifs is 2. The van der Waals surface area contributed by atoms with Gasteiger partial charge in [0.2, 0.25) is 10.2 Å². The molecule has 0 unspecified atom stereocenters. The zero-order valence-electron chi connectivity index (χ0n) is 16.6. The van der Waals surface area contributed by atoms with E-state index in [4.69, 9.17) is 17.0 Å². The van der Waals surface area contributed by atoms with Crippen molar-refractivity contribution in [2.45, 2.75) is 12.7 Å². The van der Waals surface area contributed by atoms with E-state index in [1.54, 1.807) is 12.1 Å².